The van der Waals surface area contributed by atoms with Crippen LogP contribution in [0.5, 0.6) is 0 Å². The number of carbonyl (C=O) groups is 1. The zero-order valence-electron chi connectivity index (χ0n) is 12.7. The number of amides is 1. The molecule has 0 saturated carbocycles. The first-order valence-corrected chi connectivity index (χ1v) is 7.66. The number of anilines is 2. The quantitative estimate of drug-likeness (QED) is 0.942. The van der Waals surface area contributed by atoms with Gasteiger partial charge in [-0.15, -0.1) is 10.2 Å². The molecule has 1 aromatic heterocycles. The van der Waals surface area contributed by atoms with Crippen LogP contribution in [0.1, 0.15) is 35.3 Å². The highest BCUT2D eigenvalue weighted by atomic mass is 16.1. The van der Waals surface area contributed by atoms with Gasteiger partial charge >= 0.3 is 0 Å². The maximum Gasteiger partial charge on any atom is 0.276 e. The molecule has 0 atom stereocenters. The van der Waals surface area contributed by atoms with E-state index in [-0.39, 0.29) is 11.6 Å². The normalized spacial score (nSPS) is 14.1. The summed E-state index contributed by atoms with van der Waals surface area (Å²) in [4.78, 5) is 14.4. The zero-order chi connectivity index (χ0) is 16.1. The molecule has 3 rings (SSSR count). The van der Waals surface area contributed by atoms with Crippen LogP contribution in [0.4, 0.5) is 11.5 Å². The SMILES string of the molecule is N#Cc1cccc(NC(=O)c2ccc(N3CCCCC3)nn2)c1. The number of aromatic nitrogens is 2. The first-order chi connectivity index (χ1) is 11.3. The van der Waals surface area contributed by atoms with Crippen molar-refractivity contribution in [3.8, 4) is 6.07 Å². The number of hydrogen-bond donors (Lipinski definition) is 1. The molecule has 0 radical (unpaired) electrons. The molecular formula is C17H17N5O. The largest absolute Gasteiger partial charge is 0.355 e. The van der Waals surface area contributed by atoms with Crippen molar-refractivity contribution in [1.82, 2.24) is 10.2 Å². The highest BCUT2D eigenvalue weighted by Crippen LogP contribution is 2.17. The molecule has 2 aromatic rings. The number of rotatable bonds is 3. The lowest BCUT2D eigenvalue weighted by molar-refractivity contribution is 0.102. The molecule has 6 nitrogen and oxygen atoms in total. The van der Waals surface area contributed by atoms with E-state index in [4.69, 9.17) is 5.26 Å². The van der Waals surface area contributed by atoms with E-state index in [1.165, 1.54) is 19.3 Å². The van der Waals surface area contributed by atoms with Crippen molar-refractivity contribution in [2.24, 2.45) is 0 Å². The summed E-state index contributed by atoms with van der Waals surface area (Å²) in [6.07, 6.45) is 3.59. The Hall–Kier alpha value is -2.94. The average Bonchev–Trinajstić information content (AvgIpc) is 2.63. The highest BCUT2D eigenvalue weighted by Gasteiger charge is 2.14. The van der Waals surface area contributed by atoms with Gasteiger partial charge in [-0.25, -0.2) is 0 Å². The molecule has 0 aliphatic carbocycles. The van der Waals surface area contributed by atoms with Crippen LogP contribution in [0.15, 0.2) is 36.4 Å². The summed E-state index contributed by atoms with van der Waals surface area (Å²) < 4.78 is 0. The van der Waals surface area contributed by atoms with Crippen molar-refractivity contribution >= 4 is 17.4 Å². The first-order valence-electron chi connectivity index (χ1n) is 7.66. The summed E-state index contributed by atoms with van der Waals surface area (Å²) in [5.41, 5.74) is 1.32. The van der Waals surface area contributed by atoms with E-state index in [9.17, 15) is 4.79 Å². The first kappa shape index (κ1) is 15.0. The molecule has 116 valence electrons. The lowest BCUT2D eigenvalue weighted by atomic mass is 10.1. The van der Waals surface area contributed by atoms with Crippen molar-refractivity contribution in [2.75, 3.05) is 23.3 Å². The van der Waals surface area contributed by atoms with E-state index in [0.29, 0.717) is 11.3 Å². The minimum atomic E-state index is -0.335. The van der Waals surface area contributed by atoms with E-state index in [2.05, 4.69) is 20.4 Å². The van der Waals surface area contributed by atoms with Gasteiger partial charge in [0.05, 0.1) is 11.6 Å². The molecule has 0 unspecified atom stereocenters. The molecule has 2 heterocycles. The fourth-order valence-corrected chi connectivity index (χ4v) is 2.60. The number of piperidine rings is 1. The number of nitrogens with one attached hydrogen (secondary N) is 1. The Balaban J connectivity index is 1.68. The number of hydrogen-bond acceptors (Lipinski definition) is 5. The molecule has 1 amide bonds. The molecule has 23 heavy (non-hydrogen) atoms. The van der Waals surface area contributed by atoms with Crippen LogP contribution in [0.2, 0.25) is 0 Å². The van der Waals surface area contributed by atoms with E-state index < -0.39 is 0 Å². The van der Waals surface area contributed by atoms with Crippen LogP contribution in [0.25, 0.3) is 0 Å². The number of carbonyl (C=O) groups excluding carboxylic acids is 1. The topological polar surface area (TPSA) is 81.9 Å². The molecule has 0 bridgehead atoms. The lowest BCUT2D eigenvalue weighted by Crippen LogP contribution is -2.30. The molecule has 1 aromatic carbocycles. The highest BCUT2D eigenvalue weighted by molar-refractivity contribution is 6.02. The van der Waals surface area contributed by atoms with Crippen molar-refractivity contribution in [1.29, 1.82) is 5.26 Å². The van der Waals surface area contributed by atoms with Crippen LogP contribution in [0.3, 0.4) is 0 Å². The summed E-state index contributed by atoms with van der Waals surface area (Å²) in [6.45, 7) is 1.97. The van der Waals surface area contributed by atoms with Crippen molar-refractivity contribution < 1.29 is 4.79 Å². The minimum absolute atomic E-state index is 0.258. The summed E-state index contributed by atoms with van der Waals surface area (Å²) in [5.74, 6) is 0.477. The van der Waals surface area contributed by atoms with E-state index in [1.54, 1.807) is 30.3 Å². The maximum atomic E-state index is 12.2. The lowest BCUT2D eigenvalue weighted by Gasteiger charge is -2.27. The Morgan fingerprint density at radius 2 is 1.96 bits per heavy atom. The van der Waals surface area contributed by atoms with Gasteiger partial charge in [-0.3, -0.25) is 4.79 Å². The number of nitrogens with zero attached hydrogens (tertiary/aromatic N) is 4. The Morgan fingerprint density at radius 3 is 2.65 bits per heavy atom. The molecule has 6 heteroatoms. The van der Waals surface area contributed by atoms with Crippen LogP contribution < -0.4 is 10.2 Å². The second-order valence-electron chi connectivity index (χ2n) is 5.47. The number of nitriles is 1. The van der Waals surface area contributed by atoms with Gasteiger partial charge in [0.25, 0.3) is 5.91 Å². The van der Waals surface area contributed by atoms with Gasteiger partial charge in [-0.1, -0.05) is 6.07 Å². The fraction of sp³-hybridized carbons (Fsp3) is 0.294. The van der Waals surface area contributed by atoms with Crippen molar-refractivity contribution in [2.45, 2.75) is 19.3 Å². The fourth-order valence-electron chi connectivity index (χ4n) is 2.60. The summed E-state index contributed by atoms with van der Waals surface area (Å²) >= 11 is 0. The van der Waals surface area contributed by atoms with Crippen LogP contribution >= 0.6 is 0 Å². The maximum absolute atomic E-state index is 12.2. The average molecular weight is 307 g/mol. The molecule has 1 aliphatic rings. The van der Waals surface area contributed by atoms with Gasteiger partial charge in [0.15, 0.2) is 11.5 Å². The van der Waals surface area contributed by atoms with Gasteiger partial charge in [0, 0.05) is 18.8 Å². The molecular weight excluding hydrogens is 290 g/mol. The van der Waals surface area contributed by atoms with Crippen molar-refractivity contribution in [3.63, 3.8) is 0 Å². The van der Waals surface area contributed by atoms with Gasteiger partial charge in [0.1, 0.15) is 0 Å². The zero-order valence-corrected chi connectivity index (χ0v) is 12.7. The minimum Gasteiger partial charge on any atom is -0.355 e. The second-order valence-corrected chi connectivity index (χ2v) is 5.47. The summed E-state index contributed by atoms with van der Waals surface area (Å²) in [7, 11) is 0. The molecule has 1 saturated heterocycles. The Labute approximate surface area is 134 Å². The molecule has 0 spiro atoms. The third kappa shape index (κ3) is 3.64. The molecule has 1 aliphatic heterocycles. The Bertz CT molecular complexity index is 729. The standard InChI is InChI=1S/C17H17N5O/c18-12-13-5-4-6-14(11-13)19-17(23)15-7-8-16(21-20-15)22-9-2-1-3-10-22/h4-8,11H,1-3,9-10H2,(H,19,23). The van der Waals surface area contributed by atoms with Crippen molar-refractivity contribution in [3.05, 3.63) is 47.7 Å². The third-order valence-corrected chi connectivity index (χ3v) is 3.81. The van der Waals surface area contributed by atoms with Gasteiger partial charge < -0.3 is 10.2 Å². The van der Waals surface area contributed by atoms with Crippen LogP contribution in [0, 0.1) is 11.3 Å². The summed E-state index contributed by atoms with van der Waals surface area (Å²) in [6, 6.07) is 12.3. The second kappa shape index (κ2) is 6.88. The predicted octanol–water partition coefficient (Wildman–Crippen LogP) is 2.59. The third-order valence-electron chi connectivity index (χ3n) is 3.81. The number of benzene rings is 1. The van der Waals surface area contributed by atoms with E-state index >= 15 is 0 Å². The van der Waals surface area contributed by atoms with E-state index in [1.807, 2.05) is 12.1 Å². The molecule has 1 N–H and O–H groups in total. The molecule has 1 fully saturated rings. The predicted molar refractivity (Wildman–Crippen MR) is 87.2 cm³/mol. The smallest absolute Gasteiger partial charge is 0.276 e. The van der Waals surface area contributed by atoms with Gasteiger partial charge in [-0.05, 0) is 49.6 Å². The van der Waals surface area contributed by atoms with Crippen LogP contribution in [-0.2, 0) is 0 Å². The van der Waals surface area contributed by atoms with Gasteiger partial charge in [-0.2, -0.15) is 5.26 Å². The summed E-state index contributed by atoms with van der Waals surface area (Å²) in [5, 5.41) is 19.8. The Kier molecular flexibility index (Phi) is 4.48. The van der Waals surface area contributed by atoms with Gasteiger partial charge in [0.2, 0.25) is 0 Å². The monoisotopic (exact) mass is 307 g/mol. The van der Waals surface area contributed by atoms with Crippen LogP contribution in [-0.4, -0.2) is 29.2 Å². The van der Waals surface area contributed by atoms with E-state index in [0.717, 1.165) is 18.9 Å². The Morgan fingerprint density at radius 1 is 1.13 bits per heavy atom.